The third-order valence-corrected chi connectivity index (χ3v) is 3.10. The van der Waals surface area contributed by atoms with E-state index in [1.165, 1.54) is 16.8 Å². The first-order chi connectivity index (χ1) is 8.43. The van der Waals surface area contributed by atoms with Crippen LogP contribution in [0.3, 0.4) is 0 Å². The van der Waals surface area contributed by atoms with Crippen LogP contribution in [0.2, 0.25) is 0 Å². The normalized spacial score (nSPS) is 15.2. The van der Waals surface area contributed by atoms with E-state index in [1.54, 1.807) is 0 Å². The zero-order valence-corrected chi connectivity index (χ0v) is 9.69. The molecule has 0 aliphatic carbocycles. The van der Waals surface area contributed by atoms with Gasteiger partial charge in [-0.1, -0.05) is 42.5 Å². The summed E-state index contributed by atoms with van der Waals surface area (Å²) in [6.45, 7) is 3.05. The van der Waals surface area contributed by atoms with Crippen molar-refractivity contribution >= 4 is 5.69 Å². The maximum atomic E-state index is 3.34. The van der Waals surface area contributed by atoms with Crippen molar-refractivity contribution in [3.8, 4) is 11.1 Å². The fourth-order valence-corrected chi connectivity index (χ4v) is 2.16. The molecular weight excluding hydrogens is 208 g/mol. The van der Waals surface area contributed by atoms with E-state index in [4.69, 9.17) is 0 Å². The number of hydrogen-bond donors (Lipinski definition) is 1. The van der Waals surface area contributed by atoms with Gasteiger partial charge in [0.15, 0.2) is 0 Å². The summed E-state index contributed by atoms with van der Waals surface area (Å²) in [5, 5.41) is 3.34. The number of benzene rings is 2. The van der Waals surface area contributed by atoms with Crippen molar-refractivity contribution in [2.45, 2.75) is 0 Å². The Morgan fingerprint density at radius 1 is 1.06 bits per heavy atom. The second-order valence-electron chi connectivity index (χ2n) is 4.25. The van der Waals surface area contributed by atoms with E-state index in [0.717, 1.165) is 19.8 Å². The van der Waals surface area contributed by atoms with Crippen molar-refractivity contribution in [3.63, 3.8) is 0 Å². The Kier molecular flexibility index (Phi) is 2.80. The Labute approximate surface area is 102 Å². The molecule has 1 fully saturated rings. The predicted molar refractivity (Wildman–Crippen MR) is 70.9 cm³/mol. The SMILES string of the molecule is [c]1ccc(-c2ccccc2)cc1N1CCNC1. The van der Waals surface area contributed by atoms with E-state index < -0.39 is 0 Å². The largest absolute Gasteiger partial charge is 0.357 e. The molecule has 0 aromatic heterocycles. The Morgan fingerprint density at radius 2 is 1.94 bits per heavy atom. The van der Waals surface area contributed by atoms with Crippen LogP contribution in [0.15, 0.2) is 48.5 Å². The zero-order chi connectivity index (χ0) is 11.5. The van der Waals surface area contributed by atoms with Gasteiger partial charge in [-0.25, -0.2) is 0 Å². The van der Waals surface area contributed by atoms with E-state index in [2.05, 4.69) is 52.7 Å². The molecule has 1 saturated heterocycles. The number of nitrogens with zero attached hydrogens (tertiary/aromatic N) is 1. The third-order valence-electron chi connectivity index (χ3n) is 3.10. The van der Waals surface area contributed by atoms with Gasteiger partial charge in [-0.2, -0.15) is 0 Å². The Morgan fingerprint density at radius 3 is 2.71 bits per heavy atom. The van der Waals surface area contributed by atoms with E-state index in [1.807, 2.05) is 12.1 Å². The van der Waals surface area contributed by atoms with Crippen molar-refractivity contribution < 1.29 is 0 Å². The van der Waals surface area contributed by atoms with Crippen molar-refractivity contribution in [1.82, 2.24) is 5.32 Å². The molecule has 0 unspecified atom stereocenters. The lowest BCUT2D eigenvalue weighted by molar-refractivity contribution is 0.855. The van der Waals surface area contributed by atoms with Crippen molar-refractivity contribution in [2.24, 2.45) is 0 Å². The van der Waals surface area contributed by atoms with Gasteiger partial charge in [0.05, 0.1) is 6.67 Å². The van der Waals surface area contributed by atoms with Gasteiger partial charge in [0.1, 0.15) is 0 Å². The average molecular weight is 223 g/mol. The summed E-state index contributed by atoms with van der Waals surface area (Å²) in [6, 6.07) is 20.1. The maximum Gasteiger partial charge on any atom is 0.0683 e. The Bertz CT molecular complexity index is 487. The summed E-state index contributed by atoms with van der Waals surface area (Å²) in [6.07, 6.45) is 0. The molecule has 1 radical (unpaired) electrons. The molecule has 2 heteroatoms. The topological polar surface area (TPSA) is 15.3 Å². The van der Waals surface area contributed by atoms with Gasteiger partial charge < -0.3 is 4.90 Å². The van der Waals surface area contributed by atoms with E-state index >= 15 is 0 Å². The maximum absolute atomic E-state index is 3.34. The molecule has 1 aliphatic heterocycles. The zero-order valence-electron chi connectivity index (χ0n) is 9.69. The highest BCUT2D eigenvalue weighted by molar-refractivity contribution is 5.68. The fraction of sp³-hybridized carbons (Fsp3) is 0.200. The number of nitrogens with one attached hydrogen (secondary N) is 1. The predicted octanol–water partition coefficient (Wildman–Crippen LogP) is 2.52. The van der Waals surface area contributed by atoms with Gasteiger partial charge >= 0.3 is 0 Å². The van der Waals surface area contributed by atoms with Crippen LogP contribution in [0, 0.1) is 6.07 Å². The highest BCUT2D eigenvalue weighted by atomic mass is 15.3. The van der Waals surface area contributed by atoms with Gasteiger partial charge in [0.25, 0.3) is 0 Å². The van der Waals surface area contributed by atoms with Crippen molar-refractivity contribution in [2.75, 3.05) is 24.7 Å². The van der Waals surface area contributed by atoms with E-state index in [0.29, 0.717) is 0 Å². The summed E-state index contributed by atoms with van der Waals surface area (Å²) in [4.78, 5) is 2.31. The first-order valence-electron chi connectivity index (χ1n) is 5.96. The molecule has 3 rings (SSSR count). The Hall–Kier alpha value is -1.80. The standard InChI is InChI=1S/C15H15N2/c1-2-5-13(6-3-1)14-7-4-8-15(11-14)17-10-9-16-12-17/h1-7,11,16H,9-10,12H2. The number of hydrogen-bond acceptors (Lipinski definition) is 2. The molecule has 0 amide bonds. The highest BCUT2D eigenvalue weighted by Crippen LogP contribution is 2.24. The van der Waals surface area contributed by atoms with Gasteiger partial charge in [-0.05, 0) is 17.2 Å². The molecule has 0 atom stereocenters. The van der Waals surface area contributed by atoms with Crippen LogP contribution in [0.1, 0.15) is 0 Å². The molecule has 0 bridgehead atoms. The fourth-order valence-electron chi connectivity index (χ4n) is 2.16. The quantitative estimate of drug-likeness (QED) is 0.841. The van der Waals surface area contributed by atoms with Crippen LogP contribution in [0.4, 0.5) is 5.69 Å². The number of anilines is 1. The smallest absolute Gasteiger partial charge is 0.0683 e. The first kappa shape index (κ1) is 10.4. The minimum Gasteiger partial charge on any atom is -0.357 e. The lowest BCUT2D eigenvalue weighted by atomic mass is 10.1. The average Bonchev–Trinajstić information content (AvgIpc) is 2.94. The number of rotatable bonds is 2. The van der Waals surface area contributed by atoms with E-state index in [-0.39, 0.29) is 0 Å². The minimum absolute atomic E-state index is 0.925. The van der Waals surface area contributed by atoms with Gasteiger partial charge in [0.2, 0.25) is 0 Å². The summed E-state index contributed by atoms with van der Waals surface area (Å²) < 4.78 is 0. The van der Waals surface area contributed by atoms with Gasteiger partial charge in [0, 0.05) is 24.8 Å². The Balaban J connectivity index is 1.94. The highest BCUT2D eigenvalue weighted by Gasteiger charge is 2.11. The summed E-state index contributed by atoms with van der Waals surface area (Å²) in [5.74, 6) is 0. The summed E-state index contributed by atoms with van der Waals surface area (Å²) >= 11 is 0. The molecule has 2 aromatic rings. The van der Waals surface area contributed by atoms with Crippen molar-refractivity contribution in [3.05, 3.63) is 54.6 Å². The van der Waals surface area contributed by atoms with Gasteiger partial charge in [-0.15, -0.1) is 0 Å². The first-order valence-corrected chi connectivity index (χ1v) is 5.96. The third kappa shape index (κ3) is 2.17. The molecule has 1 heterocycles. The monoisotopic (exact) mass is 223 g/mol. The second kappa shape index (κ2) is 4.60. The molecular formula is C15H15N2. The minimum atomic E-state index is 0.925. The lowest BCUT2D eigenvalue weighted by Crippen LogP contribution is -2.20. The lowest BCUT2D eigenvalue weighted by Gasteiger charge is -2.17. The molecule has 1 N–H and O–H groups in total. The molecule has 17 heavy (non-hydrogen) atoms. The molecule has 1 aliphatic rings. The van der Waals surface area contributed by atoms with Gasteiger partial charge in [-0.3, -0.25) is 5.32 Å². The van der Waals surface area contributed by atoms with Crippen LogP contribution >= 0.6 is 0 Å². The second-order valence-corrected chi connectivity index (χ2v) is 4.25. The molecule has 85 valence electrons. The molecule has 0 spiro atoms. The molecule has 2 nitrogen and oxygen atoms in total. The van der Waals surface area contributed by atoms with Crippen LogP contribution in [-0.2, 0) is 0 Å². The van der Waals surface area contributed by atoms with Crippen LogP contribution in [0.25, 0.3) is 11.1 Å². The van der Waals surface area contributed by atoms with Crippen molar-refractivity contribution in [1.29, 1.82) is 0 Å². The van der Waals surface area contributed by atoms with Crippen LogP contribution in [-0.4, -0.2) is 19.8 Å². The van der Waals surface area contributed by atoms with Crippen LogP contribution in [0.5, 0.6) is 0 Å². The molecule has 0 saturated carbocycles. The van der Waals surface area contributed by atoms with E-state index in [9.17, 15) is 0 Å². The molecule has 2 aromatic carbocycles. The summed E-state index contributed by atoms with van der Waals surface area (Å²) in [5.41, 5.74) is 3.69. The summed E-state index contributed by atoms with van der Waals surface area (Å²) in [7, 11) is 0. The van der Waals surface area contributed by atoms with Crippen LogP contribution < -0.4 is 10.2 Å².